The number of ether oxygens (including phenoxy) is 1. The number of carbonyl (C=O) groups excluding carboxylic acids is 1. The topological polar surface area (TPSA) is 68.2 Å². The number of hydrogen-bond acceptors (Lipinski definition) is 3. The lowest BCUT2D eigenvalue weighted by Gasteiger charge is -2.09. The Balaban J connectivity index is 1.87. The zero-order valence-electron chi connectivity index (χ0n) is 11.4. The first kappa shape index (κ1) is 14.1. The molecule has 0 saturated carbocycles. The Bertz CT molecular complexity index is 540. The predicted molar refractivity (Wildman–Crippen MR) is 75.7 cm³/mol. The zero-order chi connectivity index (χ0) is 14.2. The summed E-state index contributed by atoms with van der Waals surface area (Å²) in [5, 5.41) is 5.51. The highest BCUT2D eigenvalue weighted by atomic mass is 16.5. The molecule has 2 N–H and O–H groups in total. The van der Waals surface area contributed by atoms with Crippen LogP contribution in [0.15, 0.2) is 43.0 Å². The Morgan fingerprint density at radius 3 is 3.05 bits per heavy atom. The SMILES string of the molecule is COCCNC(=O)NCc1cccc(-n2ccnc2)c1. The molecule has 106 valence electrons. The summed E-state index contributed by atoms with van der Waals surface area (Å²) in [5.74, 6) is 0. The summed E-state index contributed by atoms with van der Waals surface area (Å²) in [6.45, 7) is 1.47. The lowest BCUT2D eigenvalue weighted by molar-refractivity contribution is 0.196. The number of rotatable bonds is 6. The molecule has 0 saturated heterocycles. The van der Waals surface area contributed by atoms with Gasteiger partial charge in [-0.25, -0.2) is 9.78 Å². The van der Waals surface area contributed by atoms with Crippen LogP contribution in [0.2, 0.25) is 0 Å². The summed E-state index contributed by atoms with van der Waals surface area (Å²) in [6.07, 6.45) is 5.35. The van der Waals surface area contributed by atoms with Gasteiger partial charge in [0.25, 0.3) is 0 Å². The molecule has 0 aliphatic heterocycles. The molecule has 0 spiro atoms. The molecule has 20 heavy (non-hydrogen) atoms. The monoisotopic (exact) mass is 274 g/mol. The normalized spacial score (nSPS) is 10.2. The molecule has 0 radical (unpaired) electrons. The van der Waals surface area contributed by atoms with Gasteiger partial charge in [-0.15, -0.1) is 0 Å². The van der Waals surface area contributed by atoms with E-state index in [4.69, 9.17) is 4.74 Å². The van der Waals surface area contributed by atoms with Crippen molar-refractivity contribution in [1.29, 1.82) is 0 Å². The van der Waals surface area contributed by atoms with E-state index in [0.717, 1.165) is 11.3 Å². The van der Waals surface area contributed by atoms with Gasteiger partial charge in [0, 0.05) is 38.3 Å². The molecule has 6 heteroatoms. The second kappa shape index (κ2) is 7.30. The maximum absolute atomic E-state index is 11.5. The minimum Gasteiger partial charge on any atom is -0.383 e. The highest BCUT2D eigenvalue weighted by molar-refractivity contribution is 5.73. The van der Waals surface area contributed by atoms with Gasteiger partial charge in [0.15, 0.2) is 0 Å². The van der Waals surface area contributed by atoms with Crippen LogP contribution in [-0.2, 0) is 11.3 Å². The Kier molecular flexibility index (Phi) is 5.14. The molecule has 2 amide bonds. The molecule has 0 fully saturated rings. The second-order valence-corrected chi connectivity index (χ2v) is 4.24. The lowest BCUT2D eigenvalue weighted by Crippen LogP contribution is -2.36. The summed E-state index contributed by atoms with van der Waals surface area (Å²) in [4.78, 5) is 15.5. The van der Waals surface area contributed by atoms with Crippen molar-refractivity contribution in [1.82, 2.24) is 20.2 Å². The first-order valence-electron chi connectivity index (χ1n) is 6.37. The standard InChI is InChI=1S/C14H18N4O2/c1-20-8-6-16-14(19)17-10-12-3-2-4-13(9-12)18-7-5-15-11-18/h2-5,7,9,11H,6,8,10H2,1H3,(H2,16,17,19). The number of amides is 2. The number of urea groups is 1. The van der Waals surface area contributed by atoms with Crippen LogP contribution in [0, 0.1) is 0 Å². The van der Waals surface area contributed by atoms with E-state index in [9.17, 15) is 4.79 Å². The van der Waals surface area contributed by atoms with Crippen molar-refractivity contribution >= 4 is 6.03 Å². The van der Waals surface area contributed by atoms with Crippen LogP contribution in [0.1, 0.15) is 5.56 Å². The minimum absolute atomic E-state index is 0.199. The van der Waals surface area contributed by atoms with Crippen molar-refractivity contribution in [3.63, 3.8) is 0 Å². The van der Waals surface area contributed by atoms with Gasteiger partial charge < -0.3 is 19.9 Å². The van der Waals surface area contributed by atoms with E-state index < -0.39 is 0 Å². The maximum Gasteiger partial charge on any atom is 0.315 e. The number of hydrogen-bond donors (Lipinski definition) is 2. The van der Waals surface area contributed by atoms with Crippen molar-refractivity contribution in [3.05, 3.63) is 48.5 Å². The fourth-order valence-electron chi connectivity index (χ4n) is 1.75. The van der Waals surface area contributed by atoms with Crippen molar-refractivity contribution in [2.24, 2.45) is 0 Å². The van der Waals surface area contributed by atoms with Gasteiger partial charge in [-0.05, 0) is 17.7 Å². The minimum atomic E-state index is -0.199. The van der Waals surface area contributed by atoms with E-state index in [1.165, 1.54) is 0 Å². The molecule has 2 aromatic rings. The molecule has 0 unspecified atom stereocenters. The van der Waals surface area contributed by atoms with Crippen LogP contribution in [0.3, 0.4) is 0 Å². The molecular formula is C14H18N4O2. The Hall–Kier alpha value is -2.34. The smallest absolute Gasteiger partial charge is 0.315 e. The first-order valence-corrected chi connectivity index (χ1v) is 6.37. The fourth-order valence-corrected chi connectivity index (χ4v) is 1.75. The van der Waals surface area contributed by atoms with Crippen molar-refractivity contribution < 1.29 is 9.53 Å². The van der Waals surface area contributed by atoms with E-state index in [1.54, 1.807) is 19.6 Å². The third kappa shape index (κ3) is 4.10. The third-order valence-corrected chi connectivity index (χ3v) is 2.76. The van der Waals surface area contributed by atoms with Gasteiger partial charge in [-0.3, -0.25) is 0 Å². The summed E-state index contributed by atoms with van der Waals surface area (Å²) in [7, 11) is 1.60. The molecule has 1 aromatic carbocycles. The number of aromatic nitrogens is 2. The van der Waals surface area contributed by atoms with Crippen LogP contribution >= 0.6 is 0 Å². The van der Waals surface area contributed by atoms with E-state index in [2.05, 4.69) is 15.6 Å². The second-order valence-electron chi connectivity index (χ2n) is 4.24. The molecule has 0 aliphatic rings. The lowest BCUT2D eigenvalue weighted by atomic mass is 10.2. The van der Waals surface area contributed by atoms with E-state index in [1.807, 2.05) is 35.0 Å². The summed E-state index contributed by atoms with van der Waals surface area (Å²) >= 11 is 0. The van der Waals surface area contributed by atoms with Crippen molar-refractivity contribution in [2.75, 3.05) is 20.3 Å². The molecule has 1 heterocycles. The van der Waals surface area contributed by atoms with Gasteiger partial charge in [-0.1, -0.05) is 12.1 Å². The number of nitrogens with one attached hydrogen (secondary N) is 2. The van der Waals surface area contributed by atoms with Crippen LogP contribution < -0.4 is 10.6 Å². The van der Waals surface area contributed by atoms with Crippen molar-refractivity contribution in [2.45, 2.75) is 6.54 Å². The summed E-state index contributed by atoms with van der Waals surface area (Å²) < 4.78 is 6.78. The van der Waals surface area contributed by atoms with E-state index >= 15 is 0 Å². The fraction of sp³-hybridized carbons (Fsp3) is 0.286. The van der Waals surface area contributed by atoms with Gasteiger partial charge >= 0.3 is 6.03 Å². The van der Waals surface area contributed by atoms with Crippen LogP contribution in [0.5, 0.6) is 0 Å². The number of methoxy groups -OCH3 is 1. The Labute approximate surface area is 117 Å². The molecule has 6 nitrogen and oxygen atoms in total. The Morgan fingerprint density at radius 2 is 2.30 bits per heavy atom. The van der Waals surface area contributed by atoms with E-state index in [-0.39, 0.29) is 6.03 Å². The highest BCUT2D eigenvalue weighted by Crippen LogP contribution is 2.09. The maximum atomic E-state index is 11.5. The number of carbonyl (C=O) groups is 1. The Morgan fingerprint density at radius 1 is 1.40 bits per heavy atom. The number of benzene rings is 1. The van der Waals surface area contributed by atoms with Crippen molar-refractivity contribution in [3.8, 4) is 5.69 Å². The molecule has 0 atom stereocenters. The quantitative estimate of drug-likeness (QED) is 0.781. The van der Waals surface area contributed by atoms with Gasteiger partial charge in [0.1, 0.15) is 0 Å². The zero-order valence-corrected chi connectivity index (χ0v) is 11.4. The predicted octanol–water partition coefficient (Wildman–Crippen LogP) is 1.32. The van der Waals surface area contributed by atoms with Crippen LogP contribution in [0.4, 0.5) is 4.79 Å². The number of imidazole rings is 1. The average Bonchev–Trinajstić information content (AvgIpc) is 3.00. The highest BCUT2D eigenvalue weighted by Gasteiger charge is 2.01. The molecule has 0 bridgehead atoms. The summed E-state index contributed by atoms with van der Waals surface area (Å²) in [5.41, 5.74) is 2.04. The molecule has 2 rings (SSSR count). The summed E-state index contributed by atoms with van der Waals surface area (Å²) in [6, 6.07) is 7.72. The van der Waals surface area contributed by atoms with Crippen LogP contribution in [-0.4, -0.2) is 35.8 Å². The average molecular weight is 274 g/mol. The first-order chi connectivity index (χ1) is 9.79. The van der Waals surface area contributed by atoms with Gasteiger partial charge in [0.05, 0.1) is 12.9 Å². The largest absolute Gasteiger partial charge is 0.383 e. The molecular weight excluding hydrogens is 256 g/mol. The van der Waals surface area contributed by atoms with Gasteiger partial charge in [-0.2, -0.15) is 0 Å². The molecule has 1 aromatic heterocycles. The molecule has 0 aliphatic carbocycles. The number of nitrogens with zero attached hydrogens (tertiary/aromatic N) is 2. The van der Waals surface area contributed by atoms with Gasteiger partial charge in [0.2, 0.25) is 0 Å². The third-order valence-electron chi connectivity index (χ3n) is 2.76. The van der Waals surface area contributed by atoms with E-state index in [0.29, 0.717) is 19.7 Å². The van der Waals surface area contributed by atoms with Crippen LogP contribution in [0.25, 0.3) is 5.69 Å².